The van der Waals surface area contributed by atoms with E-state index >= 15 is 0 Å². The molecule has 1 N–H and O–H groups in total. The fourth-order valence-electron chi connectivity index (χ4n) is 3.58. The van der Waals surface area contributed by atoms with E-state index in [1.807, 2.05) is 48.2 Å². The van der Waals surface area contributed by atoms with E-state index in [4.69, 9.17) is 0 Å². The molecule has 1 aliphatic rings. The van der Waals surface area contributed by atoms with Crippen LogP contribution in [-0.4, -0.2) is 17.4 Å². The molecule has 0 saturated carbocycles. The van der Waals surface area contributed by atoms with Crippen LogP contribution in [-0.2, 0) is 6.42 Å². The second-order valence-corrected chi connectivity index (χ2v) is 6.24. The SMILES string of the molecule is Cc1cccc2c1N(C(=O)c1cc(=O)[nH]c3ccccc13)CCC2. The Morgan fingerprint density at radius 2 is 1.96 bits per heavy atom. The molecule has 0 fully saturated rings. The number of rotatable bonds is 1. The predicted molar refractivity (Wildman–Crippen MR) is 95.7 cm³/mol. The first-order chi connectivity index (χ1) is 11.6. The number of H-pyrrole nitrogens is 1. The van der Waals surface area contributed by atoms with Gasteiger partial charge >= 0.3 is 0 Å². The molecule has 4 rings (SSSR count). The molecule has 0 bridgehead atoms. The number of aryl methyl sites for hydroxylation is 2. The summed E-state index contributed by atoms with van der Waals surface area (Å²) in [5.74, 6) is -0.104. The molecule has 0 atom stereocenters. The van der Waals surface area contributed by atoms with Crippen molar-refractivity contribution < 1.29 is 4.79 Å². The van der Waals surface area contributed by atoms with Crippen LogP contribution in [0.5, 0.6) is 0 Å². The van der Waals surface area contributed by atoms with Crippen LogP contribution >= 0.6 is 0 Å². The highest BCUT2D eigenvalue weighted by molar-refractivity contribution is 6.14. The maximum atomic E-state index is 13.3. The Morgan fingerprint density at radius 1 is 1.12 bits per heavy atom. The summed E-state index contributed by atoms with van der Waals surface area (Å²) in [6, 6.07) is 15.0. The zero-order chi connectivity index (χ0) is 16.7. The predicted octanol–water partition coefficient (Wildman–Crippen LogP) is 3.43. The number of amides is 1. The first-order valence-corrected chi connectivity index (χ1v) is 8.17. The number of carbonyl (C=O) groups excluding carboxylic acids is 1. The molecular weight excluding hydrogens is 300 g/mol. The number of pyridine rings is 1. The minimum atomic E-state index is -0.251. The lowest BCUT2D eigenvalue weighted by atomic mass is 9.97. The molecule has 2 aromatic carbocycles. The molecule has 24 heavy (non-hydrogen) atoms. The van der Waals surface area contributed by atoms with E-state index in [9.17, 15) is 9.59 Å². The number of nitrogens with zero attached hydrogens (tertiary/aromatic N) is 1. The van der Waals surface area contributed by atoms with E-state index in [-0.39, 0.29) is 11.5 Å². The molecule has 0 unspecified atom stereocenters. The zero-order valence-electron chi connectivity index (χ0n) is 13.5. The van der Waals surface area contributed by atoms with Gasteiger partial charge in [-0.1, -0.05) is 36.4 Å². The molecule has 0 aliphatic carbocycles. The maximum Gasteiger partial charge on any atom is 0.259 e. The largest absolute Gasteiger partial charge is 0.322 e. The van der Waals surface area contributed by atoms with Crippen molar-refractivity contribution in [1.82, 2.24) is 4.98 Å². The molecule has 4 heteroatoms. The average molecular weight is 318 g/mol. The molecule has 3 aromatic rings. The summed E-state index contributed by atoms with van der Waals surface area (Å²) >= 11 is 0. The van der Waals surface area contributed by atoms with Crippen LogP contribution in [0.1, 0.15) is 27.9 Å². The number of nitrogens with one attached hydrogen (secondary N) is 1. The molecule has 1 amide bonds. The second-order valence-electron chi connectivity index (χ2n) is 6.24. The fourth-order valence-corrected chi connectivity index (χ4v) is 3.58. The summed E-state index contributed by atoms with van der Waals surface area (Å²) in [6.07, 6.45) is 1.92. The van der Waals surface area contributed by atoms with Gasteiger partial charge < -0.3 is 9.88 Å². The van der Waals surface area contributed by atoms with Gasteiger partial charge in [0.25, 0.3) is 5.91 Å². The van der Waals surface area contributed by atoms with Crippen LogP contribution < -0.4 is 10.5 Å². The zero-order valence-corrected chi connectivity index (χ0v) is 13.5. The number of aromatic nitrogens is 1. The van der Waals surface area contributed by atoms with Crippen LogP contribution in [0.15, 0.2) is 53.3 Å². The lowest BCUT2D eigenvalue weighted by Gasteiger charge is -2.31. The van der Waals surface area contributed by atoms with E-state index in [0.29, 0.717) is 17.6 Å². The highest BCUT2D eigenvalue weighted by Gasteiger charge is 2.26. The fraction of sp³-hybridized carbons (Fsp3) is 0.200. The van der Waals surface area contributed by atoms with Crippen molar-refractivity contribution >= 4 is 22.5 Å². The van der Waals surface area contributed by atoms with Crippen molar-refractivity contribution in [2.75, 3.05) is 11.4 Å². The maximum absolute atomic E-state index is 13.3. The number of hydrogen-bond acceptors (Lipinski definition) is 2. The third kappa shape index (κ3) is 2.31. The van der Waals surface area contributed by atoms with Gasteiger partial charge in [-0.25, -0.2) is 0 Å². The van der Waals surface area contributed by atoms with Crippen LogP contribution in [0.25, 0.3) is 10.9 Å². The van der Waals surface area contributed by atoms with Gasteiger partial charge in [0.05, 0.1) is 11.3 Å². The van der Waals surface area contributed by atoms with Gasteiger partial charge in [0.1, 0.15) is 0 Å². The Bertz CT molecular complexity index is 1000. The van der Waals surface area contributed by atoms with Crippen molar-refractivity contribution in [1.29, 1.82) is 0 Å². The van der Waals surface area contributed by atoms with E-state index in [1.165, 1.54) is 11.6 Å². The number of carbonyl (C=O) groups is 1. The van der Waals surface area contributed by atoms with Crippen molar-refractivity contribution in [3.8, 4) is 0 Å². The van der Waals surface area contributed by atoms with E-state index < -0.39 is 0 Å². The topological polar surface area (TPSA) is 53.2 Å². The molecular formula is C20H18N2O2. The van der Waals surface area contributed by atoms with Gasteiger partial charge in [0.15, 0.2) is 0 Å². The molecule has 1 aliphatic heterocycles. The molecule has 0 spiro atoms. The van der Waals surface area contributed by atoms with Gasteiger partial charge in [-0.15, -0.1) is 0 Å². The second kappa shape index (κ2) is 5.64. The Kier molecular flexibility index (Phi) is 3.45. The van der Waals surface area contributed by atoms with Crippen LogP contribution in [0.3, 0.4) is 0 Å². The highest BCUT2D eigenvalue weighted by atomic mass is 16.2. The van der Waals surface area contributed by atoms with Crippen LogP contribution in [0.4, 0.5) is 5.69 Å². The van der Waals surface area contributed by atoms with Gasteiger partial charge in [-0.2, -0.15) is 0 Å². The summed E-state index contributed by atoms with van der Waals surface area (Å²) in [7, 11) is 0. The number of para-hydroxylation sites is 2. The Labute approximate surface area is 139 Å². The van der Waals surface area contributed by atoms with Gasteiger partial charge in [-0.3, -0.25) is 9.59 Å². The Hall–Kier alpha value is -2.88. The number of anilines is 1. The standard InChI is InChI=1S/C20H18N2O2/c1-13-6-4-7-14-8-5-11-22(19(13)14)20(24)16-12-18(23)21-17-10-3-2-9-15(16)17/h2-4,6-7,9-10,12H,5,8,11H2,1H3,(H,21,23). The molecule has 0 saturated heterocycles. The number of fused-ring (bicyclic) bond motifs is 2. The third-order valence-corrected chi connectivity index (χ3v) is 4.65. The highest BCUT2D eigenvalue weighted by Crippen LogP contribution is 2.32. The minimum Gasteiger partial charge on any atom is -0.322 e. The average Bonchev–Trinajstić information content (AvgIpc) is 2.60. The molecule has 2 heterocycles. The van der Waals surface area contributed by atoms with Crippen molar-refractivity contribution in [3.05, 3.63) is 75.6 Å². The summed E-state index contributed by atoms with van der Waals surface area (Å²) in [5, 5.41) is 0.780. The monoisotopic (exact) mass is 318 g/mol. The smallest absolute Gasteiger partial charge is 0.259 e. The number of benzene rings is 2. The third-order valence-electron chi connectivity index (χ3n) is 4.65. The van der Waals surface area contributed by atoms with Crippen molar-refractivity contribution in [3.63, 3.8) is 0 Å². The lowest BCUT2D eigenvalue weighted by molar-refractivity contribution is 0.0986. The number of hydrogen-bond donors (Lipinski definition) is 1. The normalized spacial score (nSPS) is 13.8. The van der Waals surface area contributed by atoms with E-state index in [1.54, 1.807) is 0 Å². The summed E-state index contributed by atoms with van der Waals surface area (Å²) in [6.45, 7) is 2.71. The van der Waals surface area contributed by atoms with Gasteiger partial charge in [0.2, 0.25) is 5.56 Å². The number of aromatic amines is 1. The first-order valence-electron chi connectivity index (χ1n) is 8.17. The molecule has 120 valence electrons. The Balaban J connectivity index is 1.89. The van der Waals surface area contributed by atoms with E-state index in [0.717, 1.165) is 29.5 Å². The van der Waals surface area contributed by atoms with Crippen molar-refractivity contribution in [2.45, 2.75) is 19.8 Å². The minimum absolute atomic E-state index is 0.104. The van der Waals surface area contributed by atoms with Crippen LogP contribution in [0.2, 0.25) is 0 Å². The van der Waals surface area contributed by atoms with Gasteiger partial charge in [-0.05, 0) is 37.0 Å². The molecule has 0 radical (unpaired) electrons. The molecule has 1 aromatic heterocycles. The van der Waals surface area contributed by atoms with Gasteiger partial charge in [0, 0.05) is 23.5 Å². The molecule has 4 nitrogen and oxygen atoms in total. The summed E-state index contributed by atoms with van der Waals surface area (Å²) in [4.78, 5) is 29.9. The van der Waals surface area contributed by atoms with Crippen molar-refractivity contribution in [2.24, 2.45) is 0 Å². The lowest BCUT2D eigenvalue weighted by Crippen LogP contribution is -2.36. The van der Waals surface area contributed by atoms with E-state index in [2.05, 4.69) is 11.1 Å². The quantitative estimate of drug-likeness (QED) is 0.747. The summed E-state index contributed by atoms with van der Waals surface area (Å²) < 4.78 is 0. The van der Waals surface area contributed by atoms with Crippen LogP contribution in [0, 0.1) is 6.92 Å². The Morgan fingerprint density at radius 3 is 2.83 bits per heavy atom. The summed E-state index contributed by atoms with van der Waals surface area (Å²) in [5.41, 5.74) is 4.19. The first kappa shape index (κ1) is 14.7.